The molecule has 0 radical (unpaired) electrons. The van der Waals surface area contributed by atoms with E-state index in [1.165, 1.54) is 18.4 Å². The van der Waals surface area contributed by atoms with Gasteiger partial charge in [0.05, 0.1) is 6.61 Å². The molecule has 0 amide bonds. The highest BCUT2D eigenvalue weighted by Crippen LogP contribution is 2.35. The van der Waals surface area contributed by atoms with E-state index in [9.17, 15) is 0 Å². The van der Waals surface area contributed by atoms with Gasteiger partial charge in [-0.25, -0.2) is 0 Å². The summed E-state index contributed by atoms with van der Waals surface area (Å²) in [4.78, 5) is 2.52. The second-order valence-corrected chi connectivity index (χ2v) is 5.83. The van der Waals surface area contributed by atoms with Crippen LogP contribution in [0.15, 0.2) is 12.2 Å². The van der Waals surface area contributed by atoms with Gasteiger partial charge in [0.2, 0.25) is 0 Å². The second kappa shape index (κ2) is 7.93. The Labute approximate surface area is 113 Å². The van der Waals surface area contributed by atoms with Crippen molar-refractivity contribution in [2.75, 3.05) is 33.4 Å². The van der Waals surface area contributed by atoms with Gasteiger partial charge in [-0.05, 0) is 31.3 Å². The Morgan fingerprint density at radius 3 is 2.56 bits per heavy atom. The molecule has 1 aliphatic carbocycles. The molecular formula is C15H30N2O. The van der Waals surface area contributed by atoms with E-state index in [-0.39, 0.29) is 0 Å². The van der Waals surface area contributed by atoms with Gasteiger partial charge in [0, 0.05) is 38.8 Å². The normalized spacial score (nSPS) is 17.4. The fraction of sp³-hybridized carbons (Fsp3) is 0.867. The minimum atomic E-state index is 0.523. The number of hydrogen-bond donors (Lipinski definition) is 1. The molecule has 0 aromatic rings. The van der Waals surface area contributed by atoms with Crippen LogP contribution >= 0.6 is 0 Å². The lowest BCUT2D eigenvalue weighted by atomic mass is 10.1. The first-order valence-corrected chi connectivity index (χ1v) is 7.17. The number of nitrogens with one attached hydrogen (secondary N) is 1. The first kappa shape index (κ1) is 15.7. The molecule has 1 atom stereocenters. The van der Waals surface area contributed by atoms with Gasteiger partial charge in [-0.15, -0.1) is 0 Å². The smallest absolute Gasteiger partial charge is 0.0589 e. The van der Waals surface area contributed by atoms with Crippen LogP contribution in [0, 0.1) is 5.92 Å². The van der Waals surface area contributed by atoms with Crippen molar-refractivity contribution in [3.8, 4) is 0 Å². The first-order valence-electron chi connectivity index (χ1n) is 7.17. The second-order valence-electron chi connectivity index (χ2n) is 5.83. The number of methoxy groups -OCH3 is 1. The molecule has 0 aliphatic heterocycles. The topological polar surface area (TPSA) is 24.5 Å². The number of hydrogen-bond acceptors (Lipinski definition) is 3. The third kappa shape index (κ3) is 5.98. The van der Waals surface area contributed by atoms with Crippen molar-refractivity contribution < 1.29 is 4.74 Å². The van der Waals surface area contributed by atoms with Crippen LogP contribution in [-0.2, 0) is 4.74 Å². The molecule has 0 aromatic carbocycles. The third-order valence-electron chi connectivity index (χ3n) is 3.65. The van der Waals surface area contributed by atoms with E-state index < -0.39 is 0 Å². The summed E-state index contributed by atoms with van der Waals surface area (Å²) in [5, 5.41) is 3.43. The van der Waals surface area contributed by atoms with E-state index >= 15 is 0 Å². The fourth-order valence-electron chi connectivity index (χ4n) is 2.20. The molecule has 0 saturated heterocycles. The van der Waals surface area contributed by atoms with Gasteiger partial charge in [-0.2, -0.15) is 0 Å². The maximum absolute atomic E-state index is 5.22. The van der Waals surface area contributed by atoms with Crippen LogP contribution in [0.5, 0.6) is 0 Å². The maximum Gasteiger partial charge on any atom is 0.0589 e. The van der Waals surface area contributed by atoms with Gasteiger partial charge >= 0.3 is 0 Å². The zero-order valence-electron chi connectivity index (χ0n) is 12.5. The Balaban J connectivity index is 2.36. The van der Waals surface area contributed by atoms with Gasteiger partial charge in [0.1, 0.15) is 0 Å². The first-order chi connectivity index (χ1) is 8.54. The van der Waals surface area contributed by atoms with Gasteiger partial charge < -0.3 is 10.1 Å². The highest BCUT2D eigenvalue weighted by molar-refractivity contribution is 5.02. The molecule has 106 valence electrons. The van der Waals surface area contributed by atoms with Crippen molar-refractivity contribution >= 4 is 0 Å². The van der Waals surface area contributed by atoms with Crippen LogP contribution in [0.2, 0.25) is 0 Å². The molecule has 0 aromatic heterocycles. The number of nitrogens with zero attached hydrogens (tertiary/aromatic N) is 1. The van der Waals surface area contributed by atoms with E-state index in [1.807, 2.05) is 0 Å². The van der Waals surface area contributed by atoms with Crippen molar-refractivity contribution in [3.05, 3.63) is 12.2 Å². The molecule has 18 heavy (non-hydrogen) atoms. The molecule has 1 unspecified atom stereocenters. The summed E-state index contributed by atoms with van der Waals surface area (Å²) in [7, 11) is 1.77. The molecule has 3 nitrogen and oxygen atoms in total. The summed E-state index contributed by atoms with van der Waals surface area (Å²) in [5.41, 5.74) is 1.27. The summed E-state index contributed by atoms with van der Waals surface area (Å²) in [6.07, 6.45) is 2.78. The molecule has 3 heteroatoms. The highest BCUT2D eigenvalue weighted by atomic mass is 16.5. The van der Waals surface area contributed by atoms with E-state index in [0.717, 1.165) is 32.2 Å². The van der Waals surface area contributed by atoms with Crippen LogP contribution in [0.3, 0.4) is 0 Å². The molecule has 1 rings (SSSR count). The lowest BCUT2D eigenvalue weighted by Gasteiger charge is -2.30. The average molecular weight is 254 g/mol. The number of rotatable bonds is 10. The van der Waals surface area contributed by atoms with Crippen molar-refractivity contribution in [3.63, 3.8) is 0 Å². The molecule has 1 saturated carbocycles. The minimum absolute atomic E-state index is 0.523. The zero-order valence-corrected chi connectivity index (χ0v) is 12.5. The van der Waals surface area contributed by atoms with Crippen molar-refractivity contribution in [1.82, 2.24) is 10.2 Å². The SMILES string of the molecule is C=C(CNC(C)C)CN(CCOC)C(C)C1CC1. The van der Waals surface area contributed by atoms with Crippen molar-refractivity contribution in [1.29, 1.82) is 0 Å². The predicted octanol–water partition coefficient (Wildman–Crippen LogP) is 2.29. The fourth-order valence-corrected chi connectivity index (χ4v) is 2.20. The van der Waals surface area contributed by atoms with Gasteiger partial charge in [-0.3, -0.25) is 4.90 Å². The monoisotopic (exact) mass is 254 g/mol. The van der Waals surface area contributed by atoms with Gasteiger partial charge in [0.25, 0.3) is 0 Å². The summed E-state index contributed by atoms with van der Waals surface area (Å²) in [6.45, 7) is 14.6. The van der Waals surface area contributed by atoms with Crippen molar-refractivity contribution in [2.45, 2.75) is 45.7 Å². The standard InChI is InChI=1S/C15H30N2O/c1-12(2)16-10-13(3)11-17(8-9-18-5)14(4)15-6-7-15/h12,14-16H,3,6-11H2,1-2,4-5H3. The van der Waals surface area contributed by atoms with Gasteiger partial charge in [-0.1, -0.05) is 20.4 Å². The summed E-state index contributed by atoms with van der Waals surface area (Å²) in [5.74, 6) is 0.896. The van der Waals surface area contributed by atoms with Crippen LogP contribution in [-0.4, -0.2) is 50.3 Å². The Kier molecular flexibility index (Phi) is 6.90. The molecule has 0 spiro atoms. The van der Waals surface area contributed by atoms with E-state index in [2.05, 4.69) is 37.6 Å². The largest absolute Gasteiger partial charge is 0.383 e. The zero-order chi connectivity index (χ0) is 13.5. The summed E-state index contributed by atoms with van der Waals surface area (Å²) < 4.78 is 5.22. The molecular weight excluding hydrogens is 224 g/mol. The Bertz CT molecular complexity index is 249. The molecule has 1 aliphatic rings. The minimum Gasteiger partial charge on any atom is -0.383 e. The number of ether oxygens (including phenoxy) is 1. The van der Waals surface area contributed by atoms with E-state index in [1.54, 1.807) is 7.11 Å². The quantitative estimate of drug-likeness (QED) is 0.605. The Hall–Kier alpha value is -0.380. The van der Waals surface area contributed by atoms with Crippen LogP contribution < -0.4 is 5.32 Å². The Morgan fingerprint density at radius 2 is 2.06 bits per heavy atom. The van der Waals surface area contributed by atoms with Crippen LogP contribution in [0.25, 0.3) is 0 Å². The molecule has 0 heterocycles. The lowest BCUT2D eigenvalue weighted by Crippen LogP contribution is -2.40. The summed E-state index contributed by atoms with van der Waals surface area (Å²) >= 11 is 0. The third-order valence-corrected chi connectivity index (χ3v) is 3.65. The van der Waals surface area contributed by atoms with Crippen LogP contribution in [0.4, 0.5) is 0 Å². The highest BCUT2D eigenvalue weighted by Gasteiger charge is 2.31. The molecule has 1 fully saturated rings. The molecule has 1 N–H and O–H groups in total. The molecule has 0 bridgehead atoms. The van der Waals surface area contributed by atoms with Crippen molar-refractivity contribution in [2.24, 2.45) is 5.92 Å². The maximum atomic E-state index is 5.22. The van der Waals surface area contributed by atoms with Crippen LogP contribution in [0.1, 0.15) is 33.6 Å². The predicted molar refractivity (Wildman–Crippen MR) is 77.9 cm³/mol. The lowest BCUT2D eigenvalue weighted by molar-refractivity contribution is 0.124. The Morgan fingerprint density at radius 1 is 1.39 bits per heavy atom. The summed E-state index contributed by atoms with van der Waals surface area (Å²) in [6, 6.07) is 1.19. The average Bonchev–Trinajstić information content (AvgIpc) is 3.15. The van der Waals surface area contributed by atoms with E-state index in [4.69, 9.17) is 4.74 Å². The van der Waals surface area contributed by atoms with E-state index in [0.29, 0.717) is 12.1 Å². The van der Waals surface area contributed by atoms with Gasteiger partial charge in [0.15, 0.2) is 0 Å².